The van der Waals surface area contributed by atoms with E-state index in [0.717, 1.165) is 0 Å². The van der Waals surface area contributed by atoms with Gasteiger partial charge in [-0.15, -0.1) is 0 Å². The number of hydrogen-bond acceptors (Lipinski definition) is 3. The number of thiocarbonyl (C=S) groups is 1. The van der Waals surface area contributed by atoms with Gasteiger partial charge in [-0.3, -0.25) is 0 Å². The van der Waals surface area contributed by atoms with Crippen molar-refractivity contribution in [2.24, 2.45) is 5.92 Å². The third kappa shape index (κ3) is 1.61. The van der Waals surface area contributed by atoms with Crippen molar-refractivity contribution >= 4 is 17.4 Å². The van der Waals surface area contributed by atoms with Gasteiger partial charge in [-0.1, -0.05) is 6.92 Å². The van der Waals surface area contributed by atoms with Gasteiger partial charge in [-0.25, -0.2) is 0 Å². The molecule has 1 aliphatic rings. The summed E-state index contributed by atoms with van der Waals surface area (Å²) in [6.45, 7) is 7.79. The maximum Gasteiger partial charge on any atom is 0.258 e. The van der Waals surface area contributed by atoms with Crippen LogP contribution in [0.3, 0.4) is 0 Å². The molecule has 0 aromatic rings. The molecule has 3 nitrogen and oxygen atoms in total. The normalized spacial score (nSPS) is 37.2. The zero-order valence-corrected chi connectivity index (χ0v) is 9.16. The van der Waals surface area contributed by atoms with Gasteiger partial charge in [0.1, 0.15) is 6.07 Å². The van der Waals surface area contributed by atoms with E-state index in [1.807, 2.05) is 20.8 Å². The molecule has 0 aliphatic carbocycles. The van der Waals surface area contributed by atoms with E-state index in [4.69, 9.17) is 22.2 Å². The quantitative estimate of drug-likeness (QED) is 0.600. The Morgan fingerprint density at radius 3 is 2.54 bits per heavy atom. The van der Waals surface area contributed by atoms with Crippen LogP contribution in [-0.4, -0.2) is 16.3 Å². The topological polar surface area (TPSA) is 45.0 Å². The predicted octanol–water partition coefficient (Wildman–Crippen LogP) is 1.59. The van der Waals surface area contributed by atoms with Crippen LogP contribution in [0.2, 0.25) is 0 Å². The molecule has 0 bridgehead atoms. The van der Waals surface area contributed by atoms with Crippen molar-refractivity contribution in [3.05, 3.63) is 0 Å². The second kappa shape index (κ2) is 2.85. The molecule has 1 N–H and O–H groups in total. The molecule has 0 spiro atoms. The van der Waals surface area contributed by atoms with Gasteiger partial charge in [0.05, 0.1) is 0 Å². The molecule has 1 fully saturated rings. The third-order valence-corrected chi connectivity index (χ3v) is 3.05. The van der Waals surface area contributed by atoms with E-state index in [9.17, 15) is 0 Å². The average molecular weight is 198 g/mol. The van der Waals surface area contributed by atoms with E-state index in [1.165, 1.54) is 0 Å². The summed E-state index contributed by atoms with van der Waals surface area (Å²) in [5, 5.41) is 12.4. The van der Waals surface area contributed by atoms with E-state index in [0.29, 0.717) is 5.17 Å². The highest BCUT2D eigenvalue weighted by molar-refractivity contribution is 7.80. The minimum absolute atomic E-state index is 0.0803. The molecule has 13 heavy (non-hydrogen) atoms. The monoisotopic (exact) mass is 198 g/mol. The maximum absolute atomic E-state index is 9.01. The van der Waals surface area contributed by atoms with Crippen LogP contribution in [0.25, 0.3) is 0 Å². The standard InChI is InChI=1S/C9H14N2OS/c1-6-8(2,3)11-7(13)12-9(6,4)5-10/h6H,1-4H3,(H,11,13)/t6-,9-/m0/s1. The van der Waals surface area contributed by atoms with Crippen LogP contribution in [0.15, 0.2) is 0 Å². The maximum atomic E-state index is 9.01. The largest absolute Gasteiger partial charge is 0.449 e. The van der Waals surface area contributed by atoms with E-state index < -0.39 is 5.60 Å². The van der Waals surface area contributed by atoms with Crippen LogP contribution in [-0.2, 0) is 4.74 Å². The van der Waals surface area contributed by atoms with Gasteiger partial charge in [-0.2, -0.15) is 5.26 Å². The summed E-state index contributed by atoms with van der Waals surface area (Å²) in [5.41, 5.74) is -1.01. The summed E-state index contributed by atoms with van der Waals surface area (Å²) < 4.78 is 5.33. The first kappa shape index (κ1) is 10.3. The van der Waals surface area contributed by atoms with E-state index >= 15 is 0 Å². The molecule has 4 heteroatoms. The van der Waals surface area contributed by atoms with Crippen molar-refractivity contribution in [1.82, 2.24) is 5.32 Å². The van der Waals surface area contributed by atoms with Crippen molar-refractivity contribution in [3.8, 4) is 6.07 Å². The Bertz CT molecular complexity index is 282. The highest BCUT2D eigenvalue weighted by atomic mass is 32.1. The fourth-order valence-electron chi connectivity index (χ4n) is 1.49. The minimum Gasteiger partial charge on any atom is -0.449 e. The molecule has 0 amide bonds. The van der Waals surface area contributed by atoms with Crippen molar-refractivity contribution in [3.63, 3.8) is 0 Å². The van der Waals surface area contributed by atoms with Crippen LogP contribution in [0, 0.1) is 17.2 Å². The summed E-state index contributed by atoms with van der Waals surface area (Å²) in [4.78, 5) is 0. The second-order valence-electron chi connectivity index (χ2n) is 4.18. The first-order valence-electron chi connectivity index (χ1n) is 4.24. The summed E-state index contributed by atoms with van der Waals surface area (Å²) >= 11 is 4.94. The Kier molecular flexibility index (Phi) is 2.25. The first-order chi connectivity index (χ1) is 5.82. The number of rotatable bonds is 0. The van der Waals surface area contributed by atoms with E-state index in [2.05, 4.69) is 11.4 Å². The summed E-state index contributed by atoms with van der Waals surface area (Å²) in [6, 6.07) is 2.17. The minimum atomic E-state index is -0.814. The highest BCUT2D eigenvalue weighted by Gasteiger charge is 2.47. The number of nitrogens with one attached hydrogen (secondary N) is 1. The zero-order chi connectivity index (χ0) is 10.3. The Morgan fingerprint density at radius 1 is 1.54 bits per heavy atom. The highest BCUT2D eigenvalue weighted by Crippen LogP contribution is 2.34. The second-order valence-corrected chi connectivity index (χ2v) is 4.55. The molecule has 1 rings (SSSR count). The Labute approximate surface area is 84.1 Å². The van der Waals surface area contributed by atoms with Gasteiger partial charge in [0.2, 0.25) is 0 Å². The molecular formula is C9H14N2OS. The van der Waals surface area contributed by atoms with Gasteiger partial charge in [0, 0.05) is 11.5 Å². The molecule has 0 aromatic heterocycles. The molecule has 0 aromatic carbocycles. The lowest BCUT2D eigenvalue weighted by molar-refractivity contribution is 0.00228. The van der Waals surface area contributed by atoms with Crippen LogP contribution >= 0.6 is 12.2 Å². The van der Waals surface area contributed by atoms with E-state index in [1.54, 1.807) is 6.92 Å². The smallest absolute Gasteiger partial charge is 0.258 e. The molecule has 1 aliphatic heterocycles. The fourth-order valence-corrected chi connectivity index (χ4v) is 1.92. The number of nitrogens with zero attached hydrogens (tertiary/aromatic N) is 1. The molecule has 2 atom stereocenters. The SMILES string of the molecule is C[C@H]1C(C)(C)NC(=S)O[C@@]1(C)C#N. The lowest BCUT2D eigenvalue weighted by Crippen LogP contribution is -2.62. The van der Waals surface area contributed by atoms with E-state index in [-0.39, 0.29) is 11.5 Å². The van der Waals surface area contributed by atoms with Crippen LogP contribution < -0.4 is 5.32 Å². The number of ether oxygens (including phenoxy) is 1. The van der Waals surface area contributed by atoms with Crippen molar-refractivity contribution in [1.29, 1.82) is 5.26 Å². The lowest BCUT2D eigenvalue weighted by atomic mass is 9.76. The molecule has 0 unspecified atom stereocenters. The molecule has 0 saturated carbocycles. The molecule has 72 valence electrons. The lowest BCUT2D eigenvalue weighted by Gasteiger charge is -2.46. The van der Waals surface area contributed by atoms with Gasteiger partial charge >= 0.3 is 0 Å². The Hall–Kier alpha value is -0.820. The molecule has 1 heterocycles. The van der Waals surface area contributed by atoms with Crippen LogP contribution in [0.4, 0.5) is 0 Å². The van der Waals surface area contributed by atoms with Gasteiger partial charge in [-0.05, 0) is 33.0 Å². The van der Waals surface area contributed by atoms with Crippen molar-refractivity contribution in [2.45, 2.75) is 38.8 Å². The van der Waals surface area contributed by atoms with Gasteiger partial charge in [0.15, 0.2) is 5.60 Å². The zero-order valence-electron chi connectivity index (χ0n) is 8.34. The Balaban J connectivity index is 3.03. The average Bonchev–Trinajstić information content (AvgIpc) is 1.99. The first-order valence-corrected chi connectivity index (χ1v) is 4.65. The van der Waals surface area contributed by atoms with Gasteiger partial charge < -0.3 is 10.1 Å². The molecule has 0 radical (unpaired) electrons. The Morgan fingerprint density at radius 2 is 2.08 bits per heavy atom. The number of hydrogen-bond donors (Lipinski definition) is 1. The van der Waals surface area contributed by atoms with Gasteiger partial charge in [0.25, 0.3) is 5.17 Å². The fraction of sp³-hybridized carbons (Fsp3) is 0.778. The van der Waals surface area contributed by atoms with Crippen LogP contribution in [0.1, 0.15) is 27.7 Å². The summed E-state index contributed by atoms with van der Waals surface area (Å²) in [7, 11) is 0. The number of nitriles is 1. The van der Waals surface area contributed by atoms with Crippen molar-refractivity contribution < 1.29 is 4.74 Å². The third-order valence-electron chi connectivity index (χ3n) is 2.86. The summed E-state index contributed by atoms with van der Waals surface area (Å²) in [6.07, 6.45) is 0. The summed E-state index contributed by atoms with van der Waals surface area (Å²) in [5.74, 6) is 0.0803. The van der Waals surface area contributed by atoms with Crippen LogP contribution in [0.5, 0.6) is 0 Å². The van der Waals surface area contributed by atoms with Crippen molar-refractivity contribution in [2.75, 3.05) is 0 Å². The molecular weight excluding hydrogens is 184 g/mol. The predicted molar refractivity (Wildman–Crippen MR) is 54.1 cm³/mol. The molecule has 1 saturated heterocycles.